The zero-order valence-electron chi connectivity index (χ0n) is 12.9. The molecule has 2 nitrogen and oxygen atoms in total. The van der Waals surface area contributed by atoms with Crippen molar-refractivity contribution < 1.29 is 9.13 Å². The molecule has 1 aromatic rings. The van der Waals surface area contributed by atoms with Crippen molar-refractivity contribution in [2.24, 2.45) is 0 Å². The Bertz CT molecular complexity index is 413. The van der Waals surface area contributed by atoms with Gasteiger partial charge in [0.2, 0.25) is 0 Å². The van der Waals surface area contributed by atoms with Crippen molar-refractivity contribution in [1.82, 2.24) is 5.32 Å². The van der Waals surface area contributed by atoms with Gasteiger partial charge in [0.25, 0.3) is 0 Å². The number of nitrogens with one attached hydrogen (secondary N) is 1. The molecule has 0 aromatic heterocycles. The fraction of sp³-hybridized carbons (Fsp3) is 0.625. The van der Waals surface area contributed by atoms with E-state index < -0.39 is 0 Å². The molecule has 0 amide bonds. The maximum atomic E-state index is 14.0. The highest BCUT2D eigenvalue weighted by Crippen LogP contribution is 2.27. The number of ether oxygens (including phenoxy) is 1. The minimum absolute atomic E-state index is 0.0176. The molecule has 3 heteroatoms. The van der Waals surface area contributed by atoms with E-state index >= 15 is 0 Å². The molecule has 1 rings (SSSR count). The van der Waals surface area contributed by atoms with Crippen LogP contribution in [-0.4, -0.2) is 18.7 Å². The minimum Gasteiger partial charge on any atom is -0.488 e. The second-order valence-corrected chi connectivity index (χ2v) is 6.23. The van der Waals surface area contributed by atoms with Crippen LogP contribution in [0.5, 0.6) is 5.75 Å². The Hall–Kier alpha value is -1.09. The highest BCUT2D eigenvalue weighted by atomic mass is 19.1. The summed E-state index contributed by atoms with van der Waals surface area (Å²) < 4.78 is 19.4. The van der Waals surface area contributed by atoms with Gasteiger partial charge in [-0.05, 0) is 31.5 Å². The van der Waals surface area contributed by atoms with Crippen LogP contribution in [0.2, 0.25) is 0 Å². The lowest BCUT2D eigenvalue weighted by molar-refractivity contribution is 0.231. The monoisotopic (exact) mass is 267 g/mol. The van der Waals surface area contributed by atoms with Crippen LogP contribution in [-0.2, 0) is 5.41 Å². The summed E-state index contributed by atoms with van der Waals surface area (Å²) in [5, 5.41) is 3.40. The summed E-state index contributed by atoms with van der Waals surface area (Å²) >= 11 is 0. The van der Waals surface area contributed by atoms with Gasteiger partial charge in [-0.25, -0.2) is 4.39 Å². The van der Waals surface area contributed by atoms with Gasteiger partial charge >= 0.3 is 0 Å². The van der Waals surface area contributed by atoms with Gasteiger partial charge in [-0.3, -0.25) is 0 Å². The van der Waals surface area contributed by atoms with Crippen LogP contribution in [0.25, 0.3) is 0 Å². The van der Waals surface area contributed by atoms with E-state index in [2.05, 4.69) is 33.0 Å². The van der Waals surface area contributed by atoms with E-state index in [4.69, 9.17) is 4.74 Å². The van der Waals surface area contributed by atoms with Gasteiger partial charge in [-0.15, -0.1) is 0 Å². The summed E-state index contributed by atoms with van der Waals surface area (Å²) in [7, 11) is 0. The number of rotatable bonds is 6. The molecule has 0 heterocycles. The van der Waals surface area contributed by atoms with E-state index in [1.165, 1.54) is 0 Å². The standard InChI is InChI=1S/C16H26FNO/c1-11(2)18-10-16(5,6)13-7-8-15(14(17)9-13)19-12(3)4/h7-9,11-12,18H,10H2,1-6H3. The molecule has 0 aliphatic heterocycles. The summed E-state index contributed by atoms with van der Waals surface area (Å²) in [5.74, 6) is 0.0372. The normalized spacial score (nSPS) is 12.3. The third kappa shape index (κ3) is 4.83. The maximum absolute atomic E-state index is 14.0. The van der Waals surface area contributed by atoms with Gasteiger partial charge in [0.1, 0.15) is 0 Å². The van der Waals surface area contributed by atoms with E-state index in [-0.39, 0.29) is 17.3 Å². The van der Waals surface area contributed by atoms with Crippen molar-refractivity contribution in [2.75, 3.05) is 6.54 Å². The summed E-state index contributed by atoms with van der Waals surface area (Å²) in [6.45, 7) is 13.0. The average molecular weight is 267 g/mol. The molecule has 0 bridgehead atoms. The van der Waals surface area contributed by atoms with Crippen molar-refractivity contribution in [3.05, 3.63) is 29.6 Å². The number of hydrogen-bond donors (Lipinski definition) is 1. The highest BCUT2D eigenvalue weighted by Gasteiger charge is 2.22. The fourth-order valence-corrected chi connectivity index (χ4v) is 1.83. The maximum Gasteiger partial charge on any atom is 0.165 e. The third-order valence-corrected chi connectivity index (χ3v) is 3.03. The topological polar surface area (TPSA) is 21.3 Å². The molecule has 108 valence electrons. The average Bonchev–Trinajstić information content (AvgIpc) is 2.28. The van der Waals surface area contributed by atoms with Gasteiger partial charge in [0.05, 0.1) is 6.10 Å². The van der Waals surface area contributed by atoms with Crippen LogP contribution in [0.1, 0.15) is 47.1 Å². The van der Waals surface area contributed by atoms with E-state index in [9.17, 15) is 4.39 Å². The van der Waals surface area contributed by atoms with Crippen molar-refractivity contribution in [2.45, 2.75) is 59.1 Å². The highest BCUT2D eigenvalue weighted by molar-refractivity contribution is 5.33. The Morgan fingerprint density at radius 2 is 1.84 bits per heavy atom. The van der Waals surface area contributed by atoms with Crippen LogP contribution < -0.4 is 10.1 Å². The van der Waals surface area contributed by atoms with E-state index in [1.54, 1.807) is 12.1 Å². The van der Waals surface area contributed by atoms with E-state index in [0.717, 1.165) is 12.1 Å². The molecule has 0 spiro atoms. The lowest BCUT2D eigenvalue weighted by Crippen LogP contribution is -2.36. The summed E-state index contributed by atoms with van der Waals surface area (Å²) in [5.41, 5.74) is 0.871. The summed E-state index contributed by atoms with van der Waals surface area (Å²) in [4.78, 5) is 0. The van der Waals surface area contributed by atoms with Gasteiger partial charge < -0.3 is 10.1 Å². The van der Waals surface area contributed by atoms with Gasteiger partial charge in [-0.1, -0.05) is 33.8 Å². The first kappa shape index (κ1) is 16.0. The van der Waals surface area contributed by atoms with Crippen molar-refractivity contribution in [3.63, 3.8) is 0 Å². The fourth-order valence-electron chi connectivity index (χ4n) is 1.83. The second kappa shape index (κ2) is 6.38. The molecule has 1 N–H and O–H groups in total. The molecule has 0 radical (unpaired) electrons. The van der Waals surface area contributed by atoms with Crippen LogP contribution in [0.3, 0.4) is 0 Å². The molecule has 0 saturated carbocycles. The Labute approximate surface area is 116 Å². The van der Waals surface area contributed by atoms with Gasteiger partial charge in [0.15, 0.2) is 11.6 Å². The molecule has 0 aliphatic rings. The Kier molecular flexibility index (Phi) is 5.36. The largest absolute Gasteiger partial charge is 0.488 e. The molecule has 0 unspecified atom stereocenters. The Balaban J connectivity index is 2.87. The first-order valence-electron chi connectivity index (χ1n) is 6.92. The van der Waals surface area contributed by atoms with Crippen molar-refractivity contribution >= 4 is 0 Å². The Morgan fingerprint density at radius 3 is 2.32 bits per heavy atom. The molecule has 0 atom stereocenters. The quantitative estimate of drug-likeness (QED) is 0.844. The zero-order chi connectivity index (χ0) is 14.6. The summed E-state index contributed by atoms with van der Waals surface area (Å²) in [6.07, 6.45) is -0.0176. The first-order valence-corrected chi connectivity index (χ1v) is 6.92. The zero-order valence-corrected chi connectivity index (χ0v) is 12.9. The first-order chi connectivity index (χ1) is 8.72. The minimum atomic E-state index is -0.288. The van der Waals surface area contributed by atoms with Crippen LogP contribution in [0.4, 0.5) is 4.39 Å². The van der Waals surface area contributed by atoms with Gasteiger partial charge in [-0.2, -0.15) is 0 Å². The van der Waals surface area contributed by atoms with E-state index in [0.29, 0.717) is 11.8 Å². The molecule has 1 aromatic carbocycles. The molecular formula is C16H26FNO. The van der Waals surface area contributed by atoms with Crippen LogP contribution >= 0.6 is 0 Å². The number of benzene rings is 1. The number of hydrogen-bond acceptors (Lipinski definition) is 2. The smallest absolute Gasteiger partial charge is 0.165 e. The SMILES string of the molecule is CC(C)NCC(C)(C)c1ccc(OC(C)C)c(F)c1. The second-order valence-electron chi connectivity index (χ2n) is 6.23. The lowest BCUT2D eigenvalue weighted by atomic mass is 9.84. The predicted molar refractivity (Wildman–Crippen MR) is 78.3 cm³/mol. The van der Waals surface area contributed by atoms with Crippen LogP contribution in [0.15, 0.2) is 18.2 Å². The lowest BCUT2D eigenvalue weighted by Gasteiger charge is -2.27. The van der Waals surface area contributed by atoms with E-state index in [1.807, 2.05) is 19.9 Å². The van der Waals surface area contributed by atoms with Crippen molar-refractivity contribution in [3.8, 4) is 5.75 Å². The molecule has 0 saturated heterocycles. The third-order valence-electron chi connectivity index (χ3n) is 3.03. The van der Waals surface area contributed by atoms with Gasteiger partial charge in [0, 0.05) is 18.0 Å². The van der Waals surface area contributed by atoms with Crippen molar-refractivity contribution in [1.29, 1.82) is 0 Å². The molecule has 0 fully saturated rings. The van der Waals surface area contributed by atoms with Crippen LogP contribution in [0, 0.1) is 5.82 Å². The molecule has 0 aliphatic carbocycles. The Morgan fingerprint density at radius 1 is 1.21 bits per heavy atom. The molecule has 19 heavy (non-hydrogen) atoms. The number of halogens is 1. The summed E-state index contributed by atoms with van der Waals surface area (Å²) in [6, 6.07) is 5.68. The molecular weight excluding hydrogens is 241 g/mol. The predicted octanol–water partition coefficient (Wildman–Crippen LogP) is 3.89.